The molecule has 1 aliphatic rings. The van der Waals surface area contributed by atoms with Gasteiger partial charge < -0.3 is 10.2 Å². The average molecular weight is 795 g/mol. The molecule has 7 nitrogen and oxygen atoms in total. The maximum atomic E-state index is 14.8. The van der Waals surface area contributed by atoms with Gasteiger partial charge in [0.15, 0.2) is 0 Å². The first kappa shape index (κ1) is 39.4. The molecular weight excluding hydrogens is 758 g/mol. The number of carbonyl (C=O) groups is 2. The average Bonchev–Trinajstić information content (AvgIpc) is 3.10. The van der Waals surface area contributed by atoms with E-state index in [9.17, 15) is 31.2 Å². The van der Waals surface area contributed by atoms with Gasteiger partial charge >= 0.3 is 6.18 Å². The Hall–Kier alpha value is -3.77. The molecule has 2 amide bonds. The number of amides is 2. The predicted molar refractivity (Wildman–Crippen MR) is 198 cm³/mol. The van der Waals surface area contributed by atoms with Crippen molar-refractivity contribution in [1.82, 2.24) is 10.2 Å². The third-order valence-corrected chi connectivity index (χ3v) is 11.9. The molecule has 1 atom stereocenters. The second-order valence-electron chi connectivity index (χ2n) is 12.8. The van der Waals surface area contributed by atoms with Crippen molar-refractivity contribution in [3.63, 3.8) is 0 Å². The van der Waals surface area contributed by atoms with E-state index in [0.717, 1.165) is 49.8 Å². The molecule has 0 saturated heterocycles. The van der Waals surface area contributed by atoms with E-state index in [1.54, 1.807) is 49.4 Å². The van der Waals surface area contributed by atoms with Gasteiger partial charge in [-0.2, -0.15) is 13.2 Å². The third kappa shape index (κ3) is 9.60. The zero-order chi connectivity index (χ0) is 37.6. The number of alkyl halides is 3. The standard InChI is InChI=1S/C38H37Cl3F3N3O4S/c1-25-15-18-29(19-16-25)52(50,51)47(28-17-20-34(41)31(22-28)38(42,43)44)24-36(48)46(23-30-32(39)13-8-14-33(30)40)35(21-26-9-4-2-5-10-26)37(49)45-27-11-6-3-7-12-27/h2,4-5,8-10,13-20,22,27,35H,3,6-7,11-12,21,23-24H2,1H3,(H,45,49)/t35-/m0/s1. The summed E-state index contributed by atoms with van der Waals surface area (Å²) < 4.78 is 71.4. The van der Waals surface area contributed by atoms with Crippen molar-refractivity contribution in [2.45, 2.75) is 75.1 Å². The van der Waals surface area contributed by atoms with E-state index in [4.69, 9.17) is 34.8 Å². The van der Waals surface area contributed by atoms with Gasteiger partial charge in [-0.25, -0.2) is 8.42 Å². The zero-order valence-corrected chi connectivity index (χ0v) is 31.3. The maximum absolute atomic E-state index is 14.8. The molecule has 1 fully saturated rings. The molecule has 276 valence electrons. The van der Waals surface area contributed by atoms with E-state index >= 15 is 0 Å². The smallest absolute Gasteiger partial charge is 0.352 e. The Morgan fingerprint density at radius 2 is 1.48 bits per heavy atom. The molecule has 1 saturated carbocycles. The highest BCUT2D eigenvalue weighted by Crippen LogP contribution is 2.38. The lowest BCUT2D eigenvalue weighted by Gasteiger charge is -2.35. The topological polar surface area (TPSA) is 86.8 Å². The Labute approximate surface area is 316 Å². The van der Waals surface area contributed by atoms with Crippen molar-refractivity contribution in [2.24, 2.45) is 0 Å². The Balaban J connectivity index is 1.64. The van der Waals surface area contributed by atoms with Gasteiger partial charge in [0.05, 0.1) is 21.2 Å². The molecule has 0 spiro atoms. The largest absolute Gasteiger partial charge is 0.417 e. The van der Waals surface area contributed by atoms with Crippen LogP contribution in [0.1, 0.15) is 54.4 Å². The molecule has 0 heterocycles. The normalized spacial score (nSPS) is 14.4. The second-order valence-corrected chi connectivity index (χ2v) is 15.8. The van der Waals surface area contributed by atoms with Gasteiger partial charge in [-0.05, 0) is 67.8 Å². The number of anilines is 1. The van der Waals surface area contributed by atoms with E-state index in [0.29, 0.717) is 21.5 Å². The first-order valence-corrected chi connectivity index (χ1v) is 19.3. The summed E-state index contributed by atoms with van der Waals surface area (Å²) in [6, 6.07) is 20.7. The van der Waals surface area contributed by atoms with Crippen molar-refractivity contribution in [2.75, 3.05) is 10.8 Å². The van der Waals surface area contributed by atoms with Gasteiger partial charge in [-0.3, -0.25) is 13.9 Å². The Bertz CT molecular complexity index is 1970. The molecular formula is C38H37Cl3F3N3O4S. The number of halogens is 6. The summed E-state index contributed by atoms with van der Waals surface area (Å²) in [4.78, 5) is 30.0. The molecule has 0 radical (unpaired) electrons. The summed E-state index contributed by atoms with van der Waals surface area (Å²) in [6.45, 7) is 0.467. The summed E-state index contributed by atoms with van der Waals surface area (Å²) in [5.41, 5.74) is 0.0276. The minimum absolute atomic E-state index is 0.0388. The molecule has 0 aliphatic heterocycles. The molecule has 1 N–H and O–H groups in total. The van der Waals surface area contributed by atoms with Crippen molar-refractivity contribution in [1.29, 1.82) is 0 Å². The highest BCUT2D eigenvalue weighted by Gasteiger charge is 2.38. The molecule has 4 aromatic rings. The maximum Gasteiger partial charge on any atom is 0.417 e. The van der Waals surface area contributed by atoms with Crippen LogP contribution in [-0.2, 0) is 38.8 Å². The van der Waals surface area contributed by atoms with E-state index in [-0.39, 0.29) is 33.9 Å². The number of rotatable bonds is 12. The van der Waals surface area contributed by atoms with Gasteiger partial charge in [0.2, 0.25) is 11.8 Å². The van der Waals surface area contributed by atoms with Gasteiger partial charge in [-0.15, -0.1) is 0 Å². The van der Waals surface area contributed by atoms with Crippen LogP contribution in [-0.4, -0.2) is 43.8 Å². The fourth-order valence-electron chi connectivity index (χ4n) is 6.20. The lowest BCUT2D eigenvalue weighted by molar-refractivity contribution is -0.140. The fourth-order valence-corrected chi connectivity index (χ4v) is 8.35. The van der Waals surface area contributed by atoms with Crippen LogP contribution in [0.5, 0.6) is 0 Å². The SMILES string of the molecule is Cc1ccc(S(=O)(=O)N(CC(=O)N(Cc2c(Cl)cccc2Cl)[C@@H](Cc2ccccc2)C(=O)NC2CCCCC2)c2ccc(Cl)c(C(F)(F)F)c2)cc1. The van der Waals surface area contributed by atoms with Gasteiger partial charge in [0.25, 0.3) is 10.0 Å². The third-order valence-electron chi connectivity index (χ3n) is 9.04. The monoisotopic (exact) mass is 793 g/mol. The first-order chi connectivity index (χ1) is 24.6. The molecule has 5 rings (SSSR count). The van der Waals surface area contributed by atoms with E-state index in [1.807, 2.05) is 6.07 Å². The fraction of sp³-hybridized carbons (Fsp3) is 0.316. The van der Waals surface area contributed by atoms with Crippen LogP contribution in [0.2, 0.25) is 15.1 Å². The molecule has 0 aromatic heterocycles. The minimum Gasteiger partial charge on any atom is -0.352 e. The molecule has 0 unspecified atom stereocenters. The van der Waals surface area contributed by atoms with Gasteiger partial charge in [-0.1, -0.05) is 108 Å². The number of nitrogens with one attached hydrogen (secondary N) is 1. The number of hydrogen-bond donors (Lipinski definition) is 1. The summed E-state index contributed by atoms with van der Waals surface area (Å²) in [7, 11) is -4.67. The van der Waals surface area contributed by atoms with Gasteiger partial charge in [0, 0.05) is 34.6 Å². The summed E-state index contributed by atoms with van der Waals surface area (Å²) in [5, 5.41) is 2.85. The second kappa shape index (κ2) is 16.9. The van der Waals surface area contributed by atoms with E-state index < -0.39 is 56.9 Å². The van der Waals surface area contributed by atoms with Crippen LogP contribution in [0.4, 0.5) is 18.9 Å². The number of hydrogen-bond acceptors (Lipinski definition) is 4. The number of aryl methyl sites for hydroxylation is 1. The zero-order valence-electron chi connectivity index (χ0n) is 28.2. The number of benzene rings is 4. The predicted octanol–water partition coefficient (Wildman–Crippen LogP) is 9.26. The van der Waals surface area contributed by atoms with Crippen molar-refractivity contribution < 1.29 is 31.2 Å². The molecule has 52 heavy (non-hydrogen) atoms. The lowest BCUT2D eigenvalue weighted by atomic mass is 9.94. The van der Waals surface area contributed by atoms with Crippen LogP contribution < -0.4 is 9.62 Å². The molecule has 4 aromatic carbocycles. The number of sulfonamides is 1. The van der Waals surface area contributed by atoms with Crippen LogP contribution >= 0.6 is 34.8 Å². The summed E-state index contributed by atoms with van der Waals surface area (Å²) >= 11 is 19.1. The summed E-state index contributed by atoms with van der Waals surface area (Å²) in [6.07, 6.45) is -0.471. The Morgan fingerprint density at radius 1 is 0.846 bits per heavy atom. The van der Waals surface area contributed by atoms with Crippen LogP contribution in [0, 0.1) is 6.92 Å². The molecule has 14 heteroatoms. The number of carbonyl (C=O) groups excluding carboxylic acids is 2. The minimum atomic E-state index is -4.93. The van der Waals surface area contributed by atoms with Crippen molar-refractivity contribution >= 4 is 62.3 Å². The highest BCUT2D eigenvalue weighted by molar-refractivity contribution is 7.92. The molecule has 1 aliphatic carbocycles. The summed E-state index contributed by atoms with van der Waals surface area (Å²) in [5.74, 6) is -1.35. The van der Waals surface area contributed by atoms with Crippen LogP contribution in [0.25, 0.3) is 0 Å². The molecule has 0 bridgehead atoms. The first-order valence-electron chi connectivity index (χ1n) is 16.7. The van der Waals surface area contributed by atoms with Gasteiger partial charge in [0.1, 0.15) is 12.6 Å². The quantitative estimate of drug-likeness (QED) is 0.155. The highest BCUT2D eigenvalue weighted by atomic mass is 35.5. The van der Waals surface area contributed by atoms with Crippen LogP contribution in [0.3, 0.4) is 0 Å². The number of nitrogens with zero attached hydrogens (tertiary/aromatic N) is 2. The van der Waals surface area contributed by atoms with Crippen molar-refractivity contribution in [3.8, 4) is 0 Å². The van der Waals surface area contributed by atoms with Crippen LogP contribution in [0.15, 0.2) is 95.9 Å². The Kier molecular flexibility index (Phi) is 12.8. The Morgan fingerprint density at radius 3 is 2.10 bits per heavy atom. The van der Waals surface area contributed by atoms with E-state index in [1.165, 1.54) is 29.2 Å². The van der Waals surface area contributed by atoms with Crippen molar-refractivity contribution in [3.05, 3.63) is 128 Å². The van der Waals surface area contributed by atoms with E-state index in [2.05, 4.69) is 5.32 Å². The lowest BCUT2D eigenvalue weighted by Crippen LogP contribution is -2.55.